The van der Waals surface area contributed by atoms with Crippen molar-refractivity contribution in [2.45, 2.75) is 51.1 Å². The smallest absolute Gasteiger partial charge is 0.0107 e. The van der Waals surface area contributed by atoms with Crippen LogP contribution in [0.4, 0.5) is 0 Å². The van der Waals surface area contributed by atoms with Gasteiger partial charge < -0.3 is 5.32 Å². The molecule has 0 aromatic heterocycles. The molecule has 1 nitrogen and oxygen atoms in total. The van der Waals surface area contributed by atoms with E-state index in [2.05, 4.69) is 42.6 Å². The minimum Gasteiger partial charge on any atom is -0.311 e. The second-order valence-corrected chi connectivity index (χ2v) is 4.59. The van der Waals surface area contributed by atoms with Crippen LogP contribution in [0.15, 0.2) is 30.3 Å². The molecule has 2 rings (SSSR count). The van der Waals surface area contributed by atoms with Gasteiger partial charge in [0.2, 0.25) is 0 Å². The summed E-state index contributed by atoms with van der Waals surface area (Å²) in [6.07, 6.45) is 6.58. The van der Waals surface area contributed by atoms with Crippen molar-refractivity contribution in [3.8, 4) is 0 Å². The highest BCUT2D eigenvalue weighted by molar-refractivity contribution is 5.15. The predicted molar refractivity (Wildman–Crippen MR) is 65.0 cm³/mol. The summed E-state index contributed by atoms with van der Waals surface area (Å²) < 4.78 is 0. The third-order valence-electron chi connectivity index (χ3n) is 3.39. The lowest BCUT2D eigenvalue weighted by atomic mass is 9.91. The molecule has 1 fully saturated rings. The fourth-order valence-corrected chi connectivity index (χ4v) is 2.13. The first-order chi connectivity index (χ1) is 7.38. The second-order valence-electron chi connectivity index (χ2n) is 4.59. The Bertz CT molecular complexity index is 277. The lowest BCUT2D eigenvalue weighted by molar-refractivity contribution is 0.298. The van der Waals surface area contributed by atoms with Crippen molar-refractivity contribution in [3.05, 3.63) is 35.9 Å². The van der Waals surface area contributed by atoms with E-state index in [0.717, 1.165) is 6.04 Å². The van der Waals surface area contributed by atoms with Crippen LogP contribution < -0.4 is 5.32 Å². The van der Waals surface area contributed by atoms with E-state index in [9.17, 15) is 0 Å². The number of hydrogen-bond acceptors (Lipinski definition) is 1. The Labute approximate surface area is 92.9 Å². The summed E-state index contributed by atoms with van der Waals surface area (Å²) in [4.78, 5) is 0. The molecule has 82 valence electrons. The van der Waals surface area contributed by atoms with E-state index in [1.54, 1.807) is 0 Å². The molecular weight excluding hydrogens is 182 g/mol. The van der Waals surface area contributed by atoms with E-state index in [-0.39, 0.29) is 0 Å². The third-order valence-corrected chi connectivity index (χ3v) is 3.39. The van der Waals surface area contributed by atoms with Gasteiger partial charge in [0, 0.05) is 12.1 Å². The summed E-state index contributed by atoms with van der Waals surface area (Å²) in [6, 6.07) is 12.3. The summed E-state index contributed by atoms with van der Waals surface area (Å²) >= 11 is 0. The molecule has 1 atom stereocenters. The highest BCUT2D eigenvalue weighted by atomic mass is 15.0. The molecule has 0 radical (unpaired) electrons. The molecule has 0 bridgehead atoms. The van der Waals surface area contributed by atoms with Gasteiger partial charge in [-0.3, -0.25) is 0 Å². The number of nitrogens with one attached hydrogen (secondary N) is 1. The van der Waals surface area contributed by atoms with Crippen LogP contribution >= 0.6 is 0 Å². The number of rotatable bonds is 5. The van der Waals surface area contributed by atoms with Crippen molar-refractivity contribution in [2.24, 2.45) is 0 Å². The standard InChI is InChI=1S/C14H21N/c1-2-13(15-14-9-6-10-14)11-12-7-4-3-5-8-12/h3-5,7-8,13-15H,2,6,9-11H2,1H3. The average molecular weight is 203 g/mol. The summed E-state index contributed by atoms with van der Waals surface area (Å²) in [7, 11) is 0. The van der Waals surface area contributed by atoms with Gasteiger partial charge in [0.25, 0.3) is 0 Å². The van der Waals surface area contributed by atoms with E-state index in [1.165, 1.54) is 37.7 Å². The Balaban J connectivity index is 1.84. The first kappa shape index (κ1) is 10.7. The van der Waals surface area contributed by atoms with Crippen LogP contribution in [-0.2, 0) is 6.42 Å². The van der Waals surface area contributed by atoms with E-state index in [1.807, 2.05) is 0 Å². The van der Waals surface area contributed by atoms with Crippen LogP contribution in [0.1, 0.15) is 38.2 Å². The minimum absolute atomic E-state index is 0.665. The SMILES string of the molecule is CCC(Cc1ccccc1)NC1CCC1. The van der Waals surface area contributed by atoms with E-state index in [4.69, 9.17) is 0 Å². The van der Waals surface area contributed by atoms with Crippen LogP contribution in [-0.4, -0.2) is 12.1 Å². The van der Waals surface area contributed by atoms with Gasteiger partial charge in [0.05, 0.1) is 0 Å². The predicted octanol–water partition coefficient (Wildman–Crippen LogP) is 3.15. The molecule has 0 heterocycles. The molecule has 1 aliphatic carbocycles. The number of hydrogen-bond donors (Lipinski definition) is 1. The van der Waals surface area contributed by atoms with Gasteiger partial charge in [0.15, 0.2) is 0 Å². The maximum Gasteiger partial charge on any atom is 0.0107 e. The summed E-state index contributed by atoms with van der Waals surface area (Å²) in [5, 5.41) is 3.75. The van der Waals surface area contributed by atoms with E-state index < -0.39 is 0 Å². The van der Waals surface area contributed by atoms with Crippen LogP contribution in [0.25, 0.3) is 0 Å². The van der Waals surface area contributed by atoms with Crippen molar-refractivity contribution in [2.75, 3.05) is 0 Å². The molecule has 1 aliphatic rings. The molecule has 0 aliphatic heterocycles. The van der Waals surface area contributed by atoms with Gasteiger partial charge in [-0.2, -0.15) is 0 Å². The normalized spacial score (nSPS) is 18.5. The van der Waals surface area contributed by atoms with Crippen molar-refractivity contribution in [3.63, 3.8) is 0 Å². The molecule has 1 unspecified atom stereocenters. The zero-order chi connectivity index (χ0) is 10.5. The molecule has 1 aromatic rings. The first-order valence-electron chi connectivity index (χ1n) is 6.18. The van der Waals surface area contributed by atoms with Crippen molar-refractivity contribution < 1.29 is 0 Å². The zero-order valence-corrected chi connectivity index (χ0v) is 9.58. The van der Waals surface area contributed by atoms with Crippen molar-refractivity contribution in [1.29, 1.82) is 0 Å². The van der Waals surface area contributed by atoms with Gasteiger partial charge in [-0.05, 0) is 31.2 Å². The van der Waals surface area contributed by atoms with Gasteiger partial charge in [-0.15, -0.1) is 0 Å². The highest BCUT2D eigenvalue weighted by Crippen LogP contribution is 2.19. The Morgan fingerprint density at radius 2 is 2.00 bits per heavy atom. The van der Waals surface area contributed by atoms with Gasteiger partial charge in [0.1, 0.15) is 0 Å². The lowest BCUT2D eigenvalue weighted by Crippen LogP contribution is -2.43. The topological polar surface area (TPSA) is 12.0 Å². The molecule has 15 heavy (non-hydrogen) atoms. The monoisotopic (exact) mass is 203 g/mol. The van der Waals surface area contributed by atoms with Crippen LogP contribution in [0.2, 0.25) is 0 Å². The maximum atomic E-state index is 3.75. The summed E-state index contributed by atoms with van der Waals surface area (Å²) in [5.41, 5.74) is 1.45. The lowest BCUT2D eigenvalue weighted by Gasteiger charge is -2.31. The molecule has 1 saturated carbocycles. The Hall–Kier alpha value is -0.820. The van der Waals surface area contributed by atoms with Crippen molar-refractivity contribution >= 4 is 0 Å². The molecule has 1 aromatic carbocycles. The Morgan fingerprint density at radius 3 is 2.53 bits per heavy atom. The fraction of sp³-hybridized carbons (Fsp3) is 0.571. The number of benzene rings is 1. The second kappa shape index (κ2) is 5.32. The van der Waals surface area contributed by atoms with Crippen LogP contribution in [0.3, 0.4) is 0 Å². The van der Waals surface area contributed by atoms with Crippen LogP contribution in [0, 0.1) is 0 Å². The van der Waals surface area contributed by atoms with Gasteiger partial charge >= 0.3 is 0 Å². The first-order valence-corrected chi connectivity index (χ1v) is 6.18. The molecule has 1 heteroatoms. The third kappa shape index (κ3) is 3.07. The fourth-order valence-electron chi connectivity index (χ4n) is 2.13. The average Bonchev–Trinajstić information content (AvgIpc) is 2.23. The zero-order valence-electron chi connectivity index (χ0n) is 9.58. The summed E-state index contributed by atoms with van der Waals surface area (Å²) in [5.74, 6) is 0. The highest BCUT2D eigenvalue weighted by Gasteiger charge is 2.20. The molecular formula is C14H21N. The molecule has 0 saturated heterocycles. The molecule has 1 N–H and O–H groups in total. The van der Waals surface area contributed by atoms with E-state index >= 15 is 0 Å². The molecule has 0 amide bonds. The van der Waals surface area contributed by atoms with Crippen molar-refractivity contribution in [1.82, 2.24) is 5.32 Å². The Morgan fingerprint density at radius 1 is 1.27 bits per heavy atom. The van der Waals surface area contributed by atoms with Gasteiger partial charge in [-0.25, -0.2) is 0 Å². The van der Waals surface area contributed by atoms with E-state index in [0.29, 0.717) is 6.04 Å². The maximum absolute atomic E-state index is 3.75. The van der Waals surface area contributed by atoms with Crippen LogP contribution in [0.5, 0.6) is 0 Å². The van der Waals surface area contributed by atoms with Gasteiger partial charge in [-0.1, -0.05) is 43.7 Å². The molecule has 0 spiro atoms. The minimum atomic E-state index is 0.665. The largest absolute Gasteiger partial charge is 0.311 e. The Kier molecular flexibility index (Phi) is 3.79. The summed E-state index contributed by atoms with van der Waals surface area (Å²) in [6.45, 7) is 2.28. The quantitative estimate of drug-likeness (QED) is 0.775.